The number of aliphatic hydroxyl groups is 1. The van der Waals surface area contributed by atoms with Gasteiger partial charge in [0, 0.05) is 31.1 Å². The highest BCUT2D eigenvalue weighted by Crippen LogP contribution is 2.55. The maximum atomic E-state index is 12.2. The van der Waals surface area contributed by atoms with Crippen molar-refractivity contribution < 1.29 is 29.3 Å². The van der Waals surface area contributed by atoms with Crippen molar-refractivity contribution in [3.63, 3.8) is 0 Å². The molecule has 0 aromatic heterocycles. The molecule has 8 nitrogen and oxygen atoms in total. The predicted octanol–water partition coefficient (Wildman–Crippen LogP) is 4.00. The standard InChI is InChI=1S/C15H17NO2.C8H11NO.C7H10O3/c17-14-8-9-15(12-6-7-12)16(14)13(10-18-15)11-4-2-1-3-5-11;9-8(6-10)7-4-2-1-3-5-7;8-6(5-1-2-5)3-4-7(9)10/h1-5,12-13H,6-10H2;1-5,8,10H,6,9H2;5H,1-4H2,(H,9,10)/t13-,15+;8-;/m11./s1. The van der Waals surface area contributed by atoms with Crippen LogP contribution in [0.1, 0.15) is 74.6 Å². The van der Waals surface area contributed by atoms with Crippen LogP contribution < -0.4 is 5.73 Å². The lowest BCUT2D eigenvalue weighted by molar-refractivity contribution is -0.141. The highest BCUT2D eigenvalue weighted by atomic mass is 16.5. The molecule has 2 aliphatic carbocycles. The first-order valence-electron chi connectivity index (χ1n) is 13.5. The molecule has 2 saturated heterocycles. The zero-order valence-corrected chi connectivity index (χ0v) is 21.7. The first-order valence-corrected chi connectivity index (χ1v) is 13.5. The fourth-order valence-electron chi connectivity index (χ4n) is 5.23. The number of nitrogens with zero attached hydrogens (tertiary/aromatic N) is 1. The lowest BCUT2D eigenvalue weighted by Crippen LogP contribution is -2.44. The van der Waals surface area contributed by atoms with Gasteiger partial charge in [-0.25, -0.2) is 0 Å². The summed E-state index contributed by atoms with van der Waals surface area (Å²) in [5.41, 5.74) is 7.47. The van der Waals surface area contributed by atoms with E-state index in [1.54, 1.807) is 0 Å². The molecule has 2 saturated carbocycles. The summed E-state index contributed by atoms with van der Waals surface area (Å²) >= 11 is 0. The van der Waals surface area contributed by atoms with Crippen molar-refractivity contribution in [2.75, 3.05) is 13.2 Å². The van der Waals surface area contributed by atoms with Crippen molar-refractivity contribution in [1.82, 2.24) is 4.90 Å². The van der Waals surface area contributed by atoms with Crippen molar-refractivity contribution in [3.8, 4) is 0 Å². The normalized spacial score (nSPS) is 24.4. The highest BCUT2D eigenvalue weighted by Gasteiger charge is 2.61. The molecular formula is C30H38N2O6. The SMILES string of the molecule is N[C@H](CO)c1ccccc1.O=C(O)CCC(=O)C1CC1.O=C1CC[C@@]2(C3CC3)OC[C@H](c3ccccc3)N12. The molecule has 2 aromatic rings. The van der Waals surface area contributed by atoms with Gasteiger partial charge in [0.15, 0.2) is 0 Å². The van der Waals surface area contributed by atoms with Crippen molar-refractivity contribution in [1.29, 1.82) is 0 Å². The Kier molecular flexibility index (Phi) is 9.31. The Balaban J connectivity index is 0.000000145. The molecule has 0 bridgehead atoms. The first kappa shape index (κ1) is 28.0. The molecule has 0 radical (unpaired) electrons. The van der Waals surface area contributed by atoms with Crippen LogP contribution in [0.2, 0.25) is 0 Å². The van der Waals surface area contributed by atoms with Crippen molar-refractivity contribution in [3.05, 3.63) is 71.8 Å². The maximum absolute atomic E-state index is 12.2. The van der Waals surface area contributed by atoms with Gasteiger partial charge in [-0.05, 0) is 36.8 Å². The first-order chi connectivity index (χ1) is 18.4. The third-order valence-corrected chi connectivity index (χ3v) is 7.62. The quantitative estimate of drug-likeness (QED) is 0.478. The number of ketones is 1. The fraction of sp³-hybridized carbons (Fsp3) is 0.500. The number of Topliss-reactive ketones (excluding diaryl/α,β-unsaturated/α-hetero) is 1. The number of hydrogen-bond acceptors (Lipinski definition) is 6. The summed E-state index contributed by atoms with van der Waals surface area (Å²) in [6.45, 7) is 0.663. The summed E-state index contributed by atoms with van der Waals surface area (Å²) in [4.78, 5) is 35.1. The van der Waals surface area contributed by atoms with E-state index in [1.165, 1.54) is 18.4 Å². The average molecular weight is 523 g/mol. The van der Waals surface area contributed by atoms with Crippen LogP contribution in [0.3, 0.4) is 0 Å². The zero-order chi connectivity index (χ0) is 27.1. The van der Waals surface area contributed by atoms with Gasteiger partial charge in [-0.3, -0.25) is 14.4 Å². The van der Waals surface area contributed by atoms with E-state index in [4.69, 9.17) is 20.7 Å². The maximum Gasteiger partial charge on any atom is 0.303 e. The molecule has 0 unspecified atom stereocenters. The minimum absolute atomic E-state index is 0.00398. The number of carboxylic acids is 1. The number of carbonyl (C=O) groups is 3. The molecule has 38 heavy (non-hydrogen) atoms. The summed E-state index contributed by atoms with van der Waals surface area (Å²) in [6.07, 6.45) is 6.13. The number of nitrogens with two attached hydrogens (primary N) is 1. The van der Waals surface area contributed by atoms with E-state index in [2.05, 4.69) is 17.0 Å². The second-order valence-electron chi connectivity index (χ2n) is 10.5. The van der Waals surface area contributed by atoms with Gasteiger partial charge in [0.25, 0.3) is 0 Å². The third kappa shape index (κ3) is 6.87. The third-order valence-electron chi connectivity index (χ3n) is 7.62. The van der Waals surface area contributed by atoms with Crippen LogP contribution in [0.4, 0.5) is 0 Å². The summed E-state index contributed by atoms with van der Waals surface area (Å²) in [5.74, 6) is 0.307. The van der Waals surface area contributed by atoms with Crippen LogP contribution >= 0.6 is 0 Å². The van der Waals surface area contributed by atoms with Crippen LogP contribution in [-0.4, -0.2) is 51.7 Å². The van der Waals surface area contributed by atoms with E-state index >= 15 is 0 Å². The molecule has 8 heteroatoms. The van der Waals surface area contributed by atoms with Gasteiger partial charge >= 0.3 is 5.97 Å². The van der Waals surface area contributed by atoms with Crippen LogP contribution in [0.25, 0.3) is 0 Å². The summed E-state index contributed by atoms with van der Waals surface area (Å²) in [7, 11) is 0. The van der Waals surface area contributed by atoms with Gasteiger partial charge < -0.3 is 25.6 Å². The van der Waals surface area contributed by atoms with Crippen LogP contribution in [0, 0.1) is 11.8 Å². The molecule has 2 aromatic carbocycles. The van der Waals surface area contributed by atoms with Gasteiger partial charge in [0.2, 0.25) is 5.91 Å². The number of aliphatic carboxylic acids is 1. The number of benzene rings is 2. The molecule has 2 aliphatic heterocycles. The number of aliphatic hydroxyl groups excluding tert-OH is 1. The Labute approximate surface area is 223 Å². The van der Waals surface area contributed by atoms with E-state index < -0.39 is 5.97 Å². The van der Waals surface area contributed by atoms with Crippen molar-refractivity contribution in [2.45, 2.75) is 69.2 Å². The van der Waals surface area contributed by atoms with E-state index in [-0.39, 0.29) is 54.9 Å². The van der Waals surface area contributed by atoms with Gasteiger partial charge in [0.05, 0.1) is 31.7 Å². The Morgan fingerprint density at radius 1 is 1.00 bits per heavy atom. The highest BCUT2D eigenvalue weighted by molar-refractivity contribution is 5.86. The zero-order valence-electron chi connectivity index (χ0n) is 21.7. The number of fused-ring (bicyclic) bond motifs is 1. The van der Waals surface area contributed by atoms with Gasteiger partial charge in [-0.1, -0.05) is 60.7 Å². The Morgan fingerprint density at radius 3 is 2.18 bits per heavy atom. The number of ether oxygens (including phenoxy) is 1. The molecule has 4 aliphatic rings. The minimum Gasteiger partial charge on any atom is -0.481 e. The molecule has 6 rings (SSSR count). The Hall–Kier alpha value is -3.07. The van der Waals surface area contributed by atoms with Crippen LogP contribution in [-0.2, 0) is 19.1 Å². The largest absolute Gasteiger partial charge is 0.481 e. The molecular weight excluding hydrogens is 484 g/mol. The number of hydrogen-bond donors (Lipinski definition) is 3. The lowest BCUT2D eigenvalue weighted by Gasteiger charge is -2.33. The van der Waals surface area contributed by atoms with Crippen molar-refractivity contribution >= 4 is 17.7 Å². The Bertz CT molecular complexity index is 1090. The average Bonchev–Trinajstić information content (AvgIpc) is 3.89. The monoisotopic (exact) mass is 522 g/mol. The van der Waals surface area contributed by atoms with E-state index in [0.29, 0.717) is 18.9 Å². The number of carboxylic acid groups (broad SMARTS) is 1. The second kappa shape index (κ2) is 12.7. The minimum atomic E-state index is -0.881. The molecule has 4 N–H and O–H groups in total. The van der Waals surface area contributed by atoms with Crippen LogP contribution in [0.15, 0.2) is 60.7 Å². The fourth-order valence-corrected chi connectivity index (χ4v) is 5.23. The van der Waals surface area contributed by atoms with Gasteiger partial charge in [0.1, 0.15) is 11.5 Å². The Morgan fingerprint density at radius 2 is 1.63 bits per heavy atom. The van der Waals surface area contributed by atoms with Gasteiger partial charge in [-0.15, -0.1) is 0 Å². The molecule has 204 valence electrons. The van der Waals surface area contributed by atoms with E-state index in [0.717, 1.165) is 24.8 Å². The summed E-state index contributed by atoms with van der Waals surface area (Å²) in [6, 6.07) is 19.7. The second-order valence-corrected chi connectivity index (χ2v) is 10.5. The number of carbonyl (C=O) groups excluding carboxylic acids is 2. The van der Waals surface area contributed by atoms with Gasteiger partial charge in [-0.2, -0.15) is 0 Å². The summed E-state index contributed by atoms with van der Waals surface area (Å²) < 4.78 is 6.13. The molecule has 4 fully saturated rings. The molecule has 1 amide bonds. The topological polar surface area (TPSA) is 130 Å². The smallest absolute Gasteiger partial charge is 0.303 e. The molecule has 0 spiro atoms. The molecule has 2 heterocycles. The van der Waals surface area contributed by atoms with Crippen molar-refractivity contribution in [2.24, 2.45) is 17.6 Å². The lowest BCUT2D eigenvalue weighted by atomic mass is 10.0. The number of rotatable bonds is 8. The molecule has 3 atom stereocenters. The predicted molar refractivity (Wildman–Crippen MR) is 142 cm³/mol. The number of amides is 1. The van der Waals surface area contributed by atoms with Crippen LogP contribution in [0.5, 0.6) is 0 Å². The van der Waals surface area contributed by atoms with E-state index in [1.807, 2.05) is 48.5 Å². The van der Waals surface area contributed by atoms with E-state index in [9.17, 15) is 14.4 Å². The summed E-state index contributed by atoms with van der Waals surface area (Å²) in [5, 5.41) is 16.9.